The molecule has 0 saturated heterocycles. The van der Waals surface area contributed by atoms with Gasteiger partial charge in [0, 0.05) is 49.8 Å². The number of hydrogen-bond donors (Lipinski definition) is 12. The number of benzene rings is 3. The van der Waals surface area contributed by atoms with Crippen molar-refractivity contribution >= 4 is 45.6 Å². The highest BCUT2D eigenvalue weighted by Crippen LogP contribution is 2.45. The van der Waals surface area contributed by atoms with E-state index < -0.39 is 95.1 Å². The van der Waals surface area contributed by atoms with E-state index >= 15 is 0 Å². The van der Waals surface area contributed by atoms with E-state index in [0.29, 0.717) is 23.5 Å². The van der Waals surface area contributed by atoms with Gasteiger partial charge in [-0.1, -0.05) is 26.8 Å². The van der Waals surface area contributed by atoms with E-state index in [0.717, 1.165) is 24.4 Å². The lowest BCUT2D eigenvalue weighted by Crippen LogP contribution is -2.57. The number of nitrogens with one attached hydrogen (secondary N) is 4. The smallest absolute Gasteiger partial charge is 0.326 e. The van der Waals surface area contributed by atoms with E-state index in [-0.39, 0.29) is 82.6 Å². The van der Waals surface area contributed by atoms with Crippen LogP contribution in [0.1, 0.15) is 67.3 Å². The minimum absolute atomic E-state index is 0.00157. The molecule has 0 fully saturated rings. The molecule has 26 heteroatoms. The number of hydrogen-bond acceptors (Lipinski definition) is 18. The summed E-state index contributed by atoms with van der Waals surface area (Å²) in [6.45, 7) is 7.29. The Morgan fingerprint density at radius 2 is 1.54 bits per heavy atom. The Morgan fingerprint density at radius 3 is 2.12 bits per heavy atom. The number of nitrogens with zero attached hydrogens (tertiary/aromatic N) is 3. The molecule has 1 aliphatic rings. The van der Waals surface area contributed by atoms with Crippen LogP contribution in [0.3, 0.4) is 0 Å². The number of aliphatic hydroxyl groups excluding tert-OH is 2. The number of amides is 4. The molecule has 3 aromatic carbocycles. The van der Waals surface area contributed by atoms with E-state index in [1.54, 1.807) is 24.3 Å². The fourth-order valence-electron chi connectivity index (χ4n) is 7.48. The molecular weight excluding hydrogens is 987 g/mol. The maximum Gasteiger partial charge on any atom is 0.326 e. The first kappa shape index (κ1) is 57.7. The van der Waals surface area contributed by atoms with Gasteiger partial charge in [-0.15, -0.1) is 0 Å². The number of rotatable bonds is 20. The summed E-state index contributed by atoms with van der Waals surface area (Å²) in [5.74, 6) is -6.20. The number of aromatic nitrogens is 2. The van der Waals surface area contributed by atoms with Gasteiger partial charge in [0.25, 0.3) is 16.1 Å². The number of nitrogens with two attached hydrogens (primary N) is 4. The van der Waals surface area contributed by atoms with Crippen molar-refractivity contribution < 1.29 is 67.0 Å². The molecule has 4 aromatic rings. The fraction of sp³-hybridized carbons (Fsp3) is 0.438. The monoisotopic (exact) mass is 1050 g/mol. The van der Waals surface area contributed by atoms with E-state index in [1.165, 1.54) is 38.1 Å². The number of phenols is 1. The minimum atomic E-state index is -4.55. The van der Waals surface area contributed by atoms with Crippen molar-refractivity contribution in [2.45, 2.75) is 83.8 Å². The third kappa shape index (κ3) is 15.4. The Morgan fingerprint density at radius 1 is 0.905 bits per heavy atom. The van der Waals surface area contributed by atoms with Crippen molar-refractivity contribution in [2.75, 3.05) is 52.2 Å². The number of carboxylic acid groups (broad SMARTS) is 1. The Hall–Kier alpha value is -7.20. The van der Waals surface area contributed by atoms with Crippen LogP contribution < -0.4 is 57.2 Å². The number of aliphatic carboxylic acids is 1. The number of aliphatic hydroxyl groups is 2. The molecule has 5 rings (SSSR count). The Balaban J connectivity index is 1.62. The third-order valence-electron chi connectivity index (χ3n) is 11.6. The molecule has 4 amide bonds. The first-order chi connectivity index (χ1) is 34.7. The summed E-state index contributed by atoms with van der Waals surface area (Å²) >= 11 is 0. The van der Waals surface area contributed by atoms with Crippen LogP contribution in [0.4, 0.5) is 5.82 Å². The zero-order chi connectivity index (χ0) is 54.8. The number of anilines is 1. The fourth-order valence-corrected chi connectivity index (χ4v) is 7.87. The Bertz CT molecular complexity index is 2790. The van der Waals surface area contributed by atoms with Crippen LogP contribution in [0.2, 0.25) is 0 Å². The standard InChI is InChI=1S/C48H65N11O14S/c1-24-38(41(51)58-42(54-24)27-8-10-31(11-9-27)71-14-13-48(3,4)5)44(64)57-35(21-53-74(52,69)70)46(66)59(6)39-28-17-33(40(62)37(18-28)73-23-30(61)20-50)32-15-26(7-12-36(32)72-22-29(60)19-49)16-34(47(67)68)56-43(63)25(2)55-45(39)65/h7-12,15,17-18,25,29-30,34-35,39,53,60-62H,13-14,16,19-23,49-50H2,1-6H3,(H,55,65)(H,56,63)(H,57,64)(H,67,68)(H2,51,54,58)(H2,52,69,70)/t25-,29+,30+,34?,35-,39?/m0/s1. The number of nitrogen functional groups attached to an aromatic ring is 1. The van der Waals surface area contributed by atoms with Crippen LogP contribution in [-0.2, 0) is 35.8 Å². The second-order valence-electron chi connectivity index (χ2n) is 18.8. The summed E-state index contributed by atoms with van der Waals surface area (Å²) < 4.78 is 44.2. The Kier molecular flexibility index (Phi) is 19.2. The highest BCUT2D eigenvalue weighted by molar-refractivity contribution is 7.87. The number of carbonyl (C=O) groups is 5. The molecule has 4 bridgehead atoms. The molecule has 6 atom stereocenters. The maximum absolute atomic E-state index is 14.9. The lowest BCUT2D eigenvalue weighted by molar-refractivity contribution is -0.143. The molecule has 2 heterocycles. The van der Waals surface area contributed by atoms with Gasteiger partial charge in [-0.25, -0.2) is 19.9 Å². The number of aryl methyl sites for hydroxylation is 1. The number of aromatic hydroxyl groups is 1. The van der Waals surface area contributed by atoms with Crippen LogP contribution in [0.5, 0.6) is 23.0 Å². The van der Waals surface area contributed by atoms with Gasteiger partial charge in [-0.3, -0.25) is 19.2 Å². The second-order valence-corrected chi connectivity index (χ2v) is 20.2. The molecule has 0 spiro atoms. The van der Waals surface area contributed by atoms with Crippen molar-refractivity contribution in [3.8, 4) is 45.5 Å². The van der Waals surface area contributed by atoms with Gasteiger partial charge in [0.15, 0.2) is 17.3 Å². The molecule has 1 aromatic heterocycles. The van der Waals surface area contributed by atoms with Gasteiger partial charge in [0.2, 0.25) is 17.7 Å². The number of ether oxygens (including phenoxy) is 3. The van der Waals surface area contributed by atoms with Crippen molar-refractivity contribution in [1.29, 1.82) is 0 Å². The van der Waals surface area contributed by atoms with Gasteiger partial charge >= 0.3 is 5.97 Å². The first-order valence-corrected chi connectivity index (χ1v) is 24.8. The summed E-state index contributed by atoms with van der Waals surface area (Å²) in [5, 5.41) is 55.4. The number of carboxylic acids is 1. The van der Waals surface area contributed by atoms with E-state index in [4.69, 9.17) is 36.6 Å². The van der Waals surface area contributed by atoms with Gasteiger partial charge in [-0.2, -0.15) is 13.1 Å². The van der Waals surface area contributed by atoms with Gasteiger partial charge in [0.1, 0.15) is 72.5 Å². The zero-order valence-electron chi connectivity index (χ0n) is 41.7. The third-order valence-corrected chi connectivity index (χ3v) is 12.2. The molecule has 25 nitrogen and oxygen atoms in total. The SMILES string of the molecule is Cc1nc(-c2ccc(OCCC(C)(C)C)cc2)nc(N)c1C(=O)N[C@@H](CNS(N)(=O)=O)C(=O)N(C)C1C(=O)N[C@@H](C)C(=O)NC(C(=O)O)Cc2ccc(OC[C@H](O)CN)c(c2)-c2cc1cc(OC[C@H](O)CN)c2O. The molecule has 2 unspecified atom stereocenters. The summed E-state index contributed by atoms with van der Waals surface area (Å²) in [6, 6.07) is 6.83. The second kappa shape index (κ2) is 24.7. The quantitative estimate of drug-likeness (QED) is 0.0523. The van der Waals surface area contributed by atoms with Gasteiger partial charge in [-0.05, 0) is 85.3 Å². The molecule has 16 N–H and O–H groups in total. The average molecular weight is 1050 g/mol. The first-order valence-electron chi connectivity index (χ1n) is 23.3. The van der Waals surface area contributed by atoms with Crippen molar-refractivity contribution in [3.05, 3.63) is 77.0 Å². The average Bonchev–Trinajstić information content (AvgIpc) is 3.32. The topological polar surface area (TPSA) is 409 Å². The van der Waals surface area contributed by atoms with Crippen LogP contribution in [-0.4, -0.2) is 150 Å². The summed E-state index contributed by atoms with van der Waals surface area (Å²) in [5.41, 5.74) is 18.0. The molecule has 402 valence electrons. The van der Waals surface area contributed by atoms with Crippen LogP contribution in [0.15, 0.2) is 54.6 Å². The van der Waals surface area contributed by atoms with Gasteiger partial charge < -0.3 is 72.7 Å². The highest BCUT2D eigenvalue weighted by Gasteiger charge is 2.38. The normalized spacial score (nSPS) is 17.4. The number of phenolic OH excluding ortho intramolecular Hbond substituents is 1. The number of carbonyl (C=O) groups excluding carboxylic acids is 4. The van der Waals surface area contributed by atoms with Crippen molar-refractivity contribution in [3.63, 3.8) is 0 Å². The largest absolute Gasteiger partial charge is 0.504 e. The van der Waals surface area contributed by atoms with Crippen LogP contribution >= 0.6 is 0 Å². The molecule has 1 aliphatic heterocycles. The zero-order valence-corrected chi connectivity index (χ0v) is 42.6. The molecule has 0 saturated carbocycles. The van der Waals surface area contributed by atoms with Crippen molar-refractivity contribution in [2.24, 2.45) is 22.0 Å². The predicted molar refractivity (Wildman–Crippen MR) is 270 cm³/mol. The van der Waals surface area contributed by atoms with Crippen LogP contribution in [0.25, 0.3) is 22.5 Å². The lowest BCUT2D eigenvalue weighted by atomic mass is 9.93. The Labute approximate surface area is 427 Å². The molecule has 0 aliphatic carbocycles. The predicted octanol–water partition coefficient (Wildman–Crippen LogP) is -0.660. The molecule has 0 radical (unpaired) electrons. The maximum atomic E-state index is 14.9. The van der Waals surface area contributed by atoms with Crippen molar-refractivity contribution in [1.82, 2.24) is 35.5 Å². The lowest BCUT2D eigenvalue weighted by Gasteiger charge is -2.33. The summed E-state index contributed by atoms with van der Waals surface area (Å²) in [4.78, 5) is 79.5. The van der Waals surface area contributed by atoms with Gasteiger partial charge in [0.05, 0.1) is 12.3 Å². The summed E-state index contributed by atoms with van der Waals surface area (Å²) in [7, 11) is -3.44. The molecular formula is C48H65N11O14S. The summed E-state index contributed by atoms with van der Waals surface area (Å²) in [6.07, 6.45) is -1.91. The highest BCUT2D eigenvalue weighted by atomic mass is 32.2. The van der Waals surface area contributed by atoms with E-state index in [9.17, 15) is 52.8 Å². The molecule has 74 heavy (non-hydrogen) atoms. The number of fused-ring (bicyclic) bond motifs is 5. The van der Waals surface area contributed by atoms with Crippen LogP contribution in [0, 0.1) is 12.3 Å². The van der Waals surface area contributed by atoms with E-state index in [2.05, 4.69) is 46.7 Å². The van der Waals surface area contributed by atoms with E-state index in [1.807, 2.05) is 4.72 Å². The minimum Gasteiger partial charge on any atom is -0.504 e. The number of likely N-dealkylation sites (N-methyl/N-ethyl adjacent to an activating group) is 1.